The fourth-order valence-electron chi connectivity index (χ4n) is 9.31. The van der Waals surface area contributed by atoms with Crippen LogP contribution in [0.1, 0.15) is 111 Å². The number of aliphatic hydroxyl groups is 2. The summed E-state index contributed by atoms with van der Waals surface area (Å²) in [5, 5.41) is 21.3. The minimum atomic E-state index is -0.486. The average Bonchev–Trinajstić information content (AvgIpc) is 3.02. The summed E-state index contributed by atoms with van der Waals surface area (Å²) in [6.07, 6.45) is 18.0. The largest absolute Gasteiger partial charge is 0.390 e. The fourth-order valence-corrected chi connectivity index (χ4v) is 9.31. The maximum Gasteiger partial charge on any atom is 0.0657 e. The summed E-state index contributed by atoms with van der Waals surface area (Å²) in [5.74, 6) is 4.16. The molecule has 5 aliphatic carbocycles. The van der Waals surface area contributed by atoms with E-state index in [1.165, 1.54) is 51.4 Å². The molecule has 0 aromatic rings. The molecule has 0 saturated heterocycles. The molecule has 5 aliphatic rings. The Morgan fingerprint density at radius 1 is 0.967 bits per heavy atom. The van der Waals surface area contributed by atoms with Crippen LogP contribution in [-0.2, 0) is 0 Å². The summed E-state index contributed by atoms with van der Waals surface area (Å²) in [6.45, 7) is 9.73. The zero-order valence-electron chi connectivity index (χ0n) is 20.1. The summed E-state index contributed by atoms with van der Waals surface area (Å²) in [6, 6.07) is 0. The lowest BCUT2D eigenvalue weighted by Gasteiger charge is -2.59. The van der Waals surface area contributed by atoms with E-state index in [1.54, 1.807) is 5.57 Å². The van der Waals surface area contributed by atoms with E-state index in [-0.39, 0.29) is 5.60 Å². The van der Waals surface area contributed by atoms with Crippen molar-refractivity contribution in [3.05, 3.63) is 11.6 Å². The van der Waals surface area contributed by atoms with Gasteiger partial charge in [-0.2, -0.15) is 0 Å². The lowest BCUT2D eigenvalue weighted by atomic mass is 9.46. The highest BCUT2D eigenvalue weighted by Gasteiger charge is 2.59. The van der Waals surface area contributed by atoms with Gasteiger partial charge in [-0.25, -0.2) is 0 Å². The van der Waals surface area contributed by atoms with Gasteiger partial charge in [0, 0.05) is 0 Å². The lowest BCUT2D eigenvalue weighted by molar-refractivity contribution is -0.0746. The predicted molar refractivity (Wildman–Crippen MR) is 123 cm³/mol. The van der Waals surface area contributed by atoms with Crippen LogP contribution in [0, 0.1) is 40.4 Å². The summed E-state index contributed by atoms with van der Waals surface area (Å²) in [5.41, 5.74) is 1.63. The van der Waals surface area contributed by atoms with Crippen molar-refractivity contribution >= 4 is 0 Å². The molecule has 2 N–H and O–H groups in total. The molecule has 0 radical (unpaired) electrons. The molecule has 0 aromatic carbocycles. The third-order valence-electron chi connectivity index (χ3n) is 11.5. The van der Waals surface area contributed by atoms with Crippen LogP contribution in [0.15, 0.2) is 11.6 Å². The predicted octanol–water partition coefficient (Wildman–Crippen LogP) is 6.65. The molecule has 4 fully saturated rings. The average molecular weight is 415 g/mol. The van der Waals surface area contributed by atoms with Crippen LogP contribution in [0.3, 0.4) is 0 Å². The zero-order valence-corrected chi connectivity index (χ0v) is 20.1. The van der Waals surface area contributed by atoms with Gasteiger partial charge in [0.1, 0.15) is 0 Å². The summed E-state index contributed by atoms with van der Waals surface area (Å²) < 4.78 is 0. The maximum atomic E-state index is 10.7. The lowest BCUT2D eigenvalue weighted by Crippen LogP contribution is -2.52. The van der Waals surface area contributed by atoms with E-state index in [0.29, 0.717) is 10.8 Å². The van der Waals surface area contributed by atoms with Crippen molar-refractivity contribution in [3.63, 3.8) is 0 Å². The summed E-state index contributed by atoms with van der Waals surface area (Å²) in [7, 11) is 0. The van der Waals surface area contributed by atoms with Crippen LogP contribution in [0.5, 0.6) is 0 Å². The van der Waals surface area contributed by atoms with E-state index in [4.69, 9.17) is 0 Å². The highest BCUT2D eigenvalue weighted by atomic mass is 16.3. The Balaban J connectivity index is 1.32. The van der Waals surface area contributed by atoms with Gasteiger partial charge in [0.25, 0.3) is 0 Å². The molecule has 0 aliphatic heterocycles. The van der Waals surface area contributed by atoms with Gasteiger partial charge in [0.2, 0.25) is 0 Å². The van der Waals surface area contributed by atoms with Crippen LogP contribution < -0.4 is 0 Å². The van der Waals surface area contributed by atoms with Crippen molar-refractivity contribution in [2.24, 2.45) is 40.4 Å². The van der Waals surface area contributed by atoms with Gasteiger partial charge in [-0.1, -0.05) is 32.4 Å². The highest BCUT2D eigenvalue weighted by Crippen LogP contribution is 2.67. The third kappa shape index (κ3) is 3.26. The molecule has 8 atom stereocenters. The normalized spacial score (nSPS) is 50.5. The van der Waals surface area contributed by atoms with Crippen LogP contribution in [0.25, 0.3) is 0 Å². The molecule has 2 heteroatoms. The van der Waals surface area contributed by atoms with Crippen LogP contribution in [0.2, 0.25) is 0 Å². The van der Waals surface area contributed by atoms with Gasteiger partial charge in [-0.3, -0.25) is 0 Å². The number of fused-ring (bicyclic) bond motifs is 5. The molecule has 0 aromatic heterocycles. The molecule has 170 valence electrons. The monoisotopic (exact) mass is 414 g/mol. The van der Waals surface area contributed by atoms with Gasteiger partial charge in [-0.05, 0) is 131 Å². The minimum Gasteiger partial charge on any atom is -0.390 e. The molecule has 30 heavy (non-hydrogen) atoms. The minimum absolute atomic E-state index is 0.313. The first-order valence-electron chi connectivity index (χ1n) is 13.2. The van der Waals surface area contributed by atoms with Gasteiger partial charge in [-0.15, -0.1) is 0 Å². The second kappa shape index (κ2) is 7.08. The maximum absolute atomic E-state index is 10.7. The van der Waals surface area contributed by atoms with E-state index in [9.17, 15) is 10.2 Å². The molecule has 4 saturated carbocycles. The van der Waals surface area contributed by atoms with Crippen molar-refractivity contribution in [1.82, 2.24) is 0 Å². The third-order valence-corrected chi connectivity index (χ3v) is 11.5. The van der Waals surface area contributed by atoms with Crippen molar-refractivity contribution in [2.75, 3.05) is 0 Å². The fraction of sp³-hybridized carbons (Fsp3) is 0.929. The SMILES string of the molecule is C[C@H](CCC1(O)CCC1)[C@H]1CC[C@H]2[C@@H]3CC=C4C[C@@](C)(O)CC[C@]4(C)C3CC[C@]12C. The van der Waals surface area contributed by atoms with Gasteiger partial charge >= 0.3 is 0 Å². The zero-order chi connectivity index (χ0) is 21.4. The highest BCUT2D eigenvalue weighted by molar-refractivity contribution is 5.26. The second-order valence-corrected chi connectivity index (χ2v) is 13.3. The van der Waals surface area contributed by atoms with Gasteiger partial charge in [0.15, 0.2) is 0 Å². The standard InChI is InChI=1S/C28H46O2/c1-19(10-15-28(30)12-5-13-28)22-8-9-23-21-7-6-20-18-25(2,29)16-17-26(20,3)24(21)11-14-27(22,23)4/h6,19,21-24,29-30H,5,7-18H2,1-4H3/t19-,21+,22-,23+,24?,25+,26+,27-/m1/s1. The van der Waals surface area contributed by atoms with E-state index in [2.05, 4.69) is 26.8 Å². The molecule has 1 unspecified atom stereocenters. The quantitative estimate of drug-likeness (QED) is 0.506. The van der Waals surface area contributed by atoms with Crippen molar-refractivity contribution < 1.29 is 10.2 Å². The summed E-state index contributed by atoms with van der Waals surface area (Å²) >= 11 is 0. The van der Waals surface area contributed by atoms with Crippen molar-refractivity contribution in [2.45, 2.75) is 122 Å². The molecule has 0 heterocycles. The Morgan fingerprint density at radius 3 is 2.43 bits per heavy atom. The van der Waals surface area contributed by atoms with E-state index >= 15 is 0 Å². The smallest absolute Gasteiger partial charge is 0.0657 e. The van der Waals surface area contributed by atoms with Crippen LogP contribution in [-0.4, -0.2) is 21.4 Å². The first kappa shape index (κ1) is 21.5. The topological polar surface area (TPSA) is 40.5 Å². The molecule has 5 rings (SSSR count). The Morgan fingerprint density at radius 2 is 1.73 bits per heavy atom. The number of rotatable bonds is 4. The van der Waals surface area contributed by atoms with E-state index in [1.807, 2.05) is 6.92 Å². The first-order chi connectivity index (χ1) is 14.1. The Bertz CT molecular complexity index is 703. The number of hydrogen-bond acceptors (Lipinski definition) is 2. The van der Waals surface area contributed by atoms with Gasteiger partial charge < -0.3 is 10.2 Å². The van der Waals surface area contributed by atoms with Crippen molar-refractivity contribution in [1.29, 1.82) is 0 Å². The second-order valence-electron chi connectivity index (χ2n) is 13.3. The van der Waals surface area contributed by atoms with Gasteiger partial charge in [0.05, 0.1) is 11.2 Å². The molecule has 0 amide bonds. The molecular formula is C28H46O2. The molecular weight excluding hydrogens is 368 g/mol. The Labute approximate surface area is 184 Å². The Hall–Kier alpha value is -0.340. The van der Waals surface area contributed by atoms with E-state index < -0.39 is 5.60 Å². The molecule has 0 bridgehead atoms. The molecule has 2 nitrogen and oxygen atoms in total. The van der Waals surface area contributed by atoms with Crippen LogP contribution in [0.4, 0.5) is 0 Å². The molecule has 0 spiro atoms. The van der Waals surface area contributed by atoms with Crippen LogP contribution >= 0.6 is 0 Å². The number of allylic oxidation sites excluding steroid dienone is 1. The summed E-state index contributed by atoms with van der Waals surface area (Å²) in [4.78, 5) is 0. The Kier molecular flexibility index (Phi) is 5.07. The number of hydrogen-bond donors (Lipinski definition) is 2. The van der Waals surface area contributed by atoms with E-state index in [0.717, 1.165) is 61.7 Å². The van der Waals surface area contributed by atoms with Crippen molar-refractivity contribution in [3.8, 4) is 0 Å². The first-order valence-corrected chi connectivity index (χ1v) is 13.2.